The van der Waals surface area contributed by atoms with Gasteiger partial charge in [0.15, 0.2) is 0 Å². The molecule has 1 amide bonds. The number of rotatable bonds is 14. The third kappa shape index (κ3) is 11.2. The van der Waals surface area contributed by atoms with Crippen molar-refractivity contribution in [1.29, 1.82) is 0 Å². The van der Waals surface area contributed by atoms with E-state index >= 15 is 0 Å². The van der Waals surface area contributed by atoms with Crippen LogP contribution in [0.1, 0.15) is 53.4 Å². The minimum absolute atomic E-state index is 0.231. The molecule has 0 rings (SSSR count). The monoisotopic (exact) mass is 372 g/mol. The van der Waals surface area contributed by atoms with Gasteiger partial charge in [0.05, 0.1) is 12.7 Å². The molecule has 2 unspecified atom stereocenters. The van der Waals surface area contributed by atoms with Gasteiger partial charge in [-0.2, -0.15) is 0 Å². The molecule has 0 aromatic heterocycles. The van der Waals surface area contributed by atoms with Gasteiger partial charge in [0.1, 0.15) is 6.10 Å². The van der Waals surface area contributed by atoms with Crippen molar-refractivity contribution in [1.82, 2.24) is 10.2 Å². The molecule has 0 aromatic rings. The Balaban J connectivity index is 3.92. The molecule has 152 valence electrons. The van der Waals surface area contributed by atoms with Gasteiger partial charge in [0.2, 0.25) is 5.91 Å². The molecule has 26 heavy (non-hydrogen) atoms. The standard InChI is InChI=1S/C19H36N2O5/c1-6-18(24)26-13-7-8-16(22)9-11-20-19(25)17(23)10-12-21(14(2)3)15(4)5/h6,14-17,22-23H,1,7-13H2,2-5H3,(H,20,25). The summed E-state index contributed by atoms with van der Waals surface area (Å²) in [6.07, 6.45) is 1.23. The Morgan fingerprint density at radius 2 is 1.73 bits per heavy atom. The molecule has 0 saturated carbocycles. The highest BCUT2D eigenvalue weighted by Gasteiger charge is 2.19. The predicted octanol–water partition coefficient (Wildman–Crippen LogP) is 1.23. The summed E-state index contributed by atoms with van der Waals surface area (Å²) in [7, 11) is 0. The van der Waals surface area contributed by atoms with Gasteiger partial charge < -0.3 is 20.3 Å². The highest BCUT2D eigenvalue weighted by atomic mass is 16.5. The number of aliphatic hydroxyl groups is 2. The van der Waals surface area contributed by atoms with Gasteiger partial charge in [-0.05, 0) is 53.4 Å². The molecular weight excluding hydrogens is 336 g/mol. The Labute approximate surface area is 157 Å². The van der Waals surface area contributed by atoms with Crippen molar-refractivity contribution in [2.24, 2.45) is 0 Å². The first-order chi connectivity index (χ1) is 12.2. The van der Waals surface area contributed by atoms with Crippen molar-refractivity contribution in [3.63, 3.8) is 0 Å². The second kappa shape index (κ2) is 13.7. The van der Waals surface area contributed by atoms with E-state index in [0.717, 1.165) is 6.08 Å². The van der Waals surface area contributed by atoms with Crippen molar-refractivity contribution < 1.29 is 24.5 Å². The summed E-state index contributed by atoms with van der Waals surface area (Å²) in [6, 6.07) is 0.706. The maximum Gasteiger partial charge on any atom is 0.330 e. The predicted molar refractivity (Wildman–Crippen MR) is 102 cm³/mol. The van der Waals surface area contributed by atoms with Crippen LogP contribution in [0.25, 0.3) is 0 Å². The van der Waals surface area contributed by atoms with Crippen LogP contribution in [-0.4, -0.2) is 71.0 Å². The molecule has 0 aliphatic rings. The number of carbonyl (C=O) groups excluding carboxylic acids is 2. The molecule has 7 heteroatoms. The van der Waals surface area contributed by atoms with Crippen LogP contribution in [-0.2, 0) is 14.3 Å². The molecule has 0 heterocycles. The van der Waals surface area contributed by atoms with Gasteiger partial charge in [-0.1, -0.05) is 6.58 Å². The summed E-state index contributed by atoms with van der Waals surface area (Å²) in [5.74, 6) is -0.890. The van der Waals surface area contributed by atoms with Crippen molar-refractivity contribution in [2.75, 3.05) is 19.7 Å². The lowest BCUT2D eigenvalue weighted by Crippen LogP contribution is -2.42. The number of nitrogens with one attached hydrogen (secondary N) is 1. The van der Waals surface area contributed by atoms with Crippen LogP contribution in [0.4, 0.5) is 0 Å². The first-order valence-electron chi connectivity index (χ1n) is 9.37. The van der Waals surface area contributed by atoms with Crippen LogP contribution in [0, 0.1) is 0 Å². The minimum atomic E-state index is -1.05. The fraction of sp³-hybridized carbons (Fsp3) is 0.789. The molecule has 2 atom stereocenters. The SMILES string of the molecule is C=CC(=O)OCCCC(O)CCNC(=O)C(O)CCN(C(C)C)C(C)C. The molecule has 7 nitrogen and oxygen atoms in total. The third-order valence-corrected chi connectivity index (χ3v) is 4.16. The fourth-order valence-electron chi connectivity index (χ4n) is 2.69. The van der Waals surface area contributed by atoms with Crippen LogP contribution in [0.5, 0.6) is 0 Å². The summed E-state index contributed by atoms with van der Waals surface area (Å²) in [5, 5.41) is 22.5. The molecule has 0 spiro atoms. The van der Waals surface area contributed by atoms with Crippen LogP contribution in [0.3, 0.4) is 0 Å². The molecule has 0 aromatic carbocycles. The van der Waals surface area contributed by atoms with E-state index in [9.17, 15) is 19.8 Å². The first-order valence-corrected chi connectivity index (χ1v) is 9.37. The molecular formula is C19H36N2O5. The summed E-state index contributed by atoms with van der Waals surface area (Å²) in [6.45, 7) is 12.8. The van der Waals surface area contributed by atoms with Crippen molar-refractivity contribution in [3.8, 4) is 0 Å². The highest BCUT2D eigenvalue weighted by Crippen LogP contribution is 2.07. The molecule has 0 saturated heterocycles. The quantitative estimate of drug-likeness (QED) is 0.241. The van der Waals surface area contributed by atoms with E-state index in [-0.39, 0.29) is 6.61 Å². The number of ether oxygens (including phenoxy) is 1. The molecule has 0 bridgehead atoms. The van der Waals surface area contributed by atoms with Crippen LogP contribution >= 0.6 is 0 Å². The zero-order valence-corrected chi connectivity index (χ0v) is 16.6. The number of aliphatic hydroxyl groups excluding tert-OH is 2. The van der Waals surface area contributed by atoms with Crippen LogP contribution in [0.15, 0.2) is 12.7 Å². The average molecular weight is 373 g/mol. The molecule has 0 fully saturated rings. The van der Waals surface area contributed by atoms with Crippen molar-refractivity contribution in [2.45, 2.75) is 77.7 Å². The number of carbonyl (C=O) groups is 2. The Morgan fingerprint density at radius 3 is 2.27 bits per heavy atom. The summed E-state index contributed by atoms with van der Waals surface area (Å²) >= 11 is 0. The second-order valence-electron chi connectivity index (χ2n) is 6.98. The van der Waals surface area contributed by atoms with Gasteiger partial charge in [-0.15, -0.1) is 0 Å². The Hall–Kier alpha value is -1.44. The second-order valence-corrected chi connectivity index (χ2v) is 6.98. The number of hydrogen-bond donors (Lipinski definition) is 3. The number of hydrogen-bond acceptors (Lipinski definition) is 6. The number of esters is 1. The van der Waals surface area contributed by atoms with Gasteiger partial charge in [0.25, 0.3) is 0 Å². The normalized spacial score (nSPS) is 13.7. The van der Waals surface area contributed by atoms with Gasteiger partial charge in [-0.3, -0.25) is 9.69 Å². The fourth-order valence-corrected chi connectivity index (χ4v) is 2.69. The van der Waals surface area contributed by atoms with Gasteiger partial charge >= 0.3 is 5.97 Å². The third-order valence-electron chi connectivity index (χ3n) is 4.16. The Kier molecular flexibility index (Phi) is 13.0. The maximum absolute atomic E-state index is 11.9. The zero-order chi connectivity index (χ0) is 20.1. The number of amides is 1. The molecule has 0 radical (unpaired) electrons. The van der Waals surface area contributed by atoms with E-state index in [1.54, 1.807) is 0 Å². The Morgan fingerprint density at radius 1 is 1.12 bits per heavy atom. The first kappa shape index (κ1) is 24.6. The van der Waals surface area contributed by atoms with E-state index in [1.165, 1.54) is 0 Å². The van der Waals surface area contributed by atoms with Gasteiger partial charge in [0, 0.05) is 31.2 Å². The van der Waals surface area contributed by atoms with Gasteiger partial charge in [-0.25, -0.2) is 4.79 Å². The lowest BCUT2D eigenvalue weighted by molar-refractivity contribution is -0.138. The summed E-state index contributed by atoms with van der Waals surface area (Å²) in [5.41, 5.74) is 0. The Bertz CT molecular complexity index is 418. The van der Waals surface area contributed by atoms with Crippen LogP contribution < -0.4 is 5.32 Å². The average Bonchev–Trinajstić information content (AvgIpc) is 2.57. The molecule has 0 aliphatic heterocycles. The largest absolute Gasteiger partial charge is 0.463 e. The van der Waals surface area contributed by atoms with E-state index in [4.69, 9.17) is 4.74 Å². The van der Waals surface area contributed by atoms with E-state index in [1.807, 2.05) is 0 Å². The highest BCUT2D eigenvalue weighted by molar-refractivity contribution is 5.81. The van der Waals surface area contributed by atoms with E-state index < -0.39 is 24.1 Å². The van der Waals surface area contributed by atoms with E-state index in [2.05, 4.69) is 44.5 Å². The number of nitrogens with zero attached hydrogens (tertiary/aromatic N) is 1. The lowest BCUT2D eigenvalue weighted by Gasteiger charge is -2.31. The lowest BCUT2D eigenvalue weighted by atomic mass is 10.1. The topological polar surface area (TPSA) is 99.1 Å². The maximum atomic E-state index is 11.9. The van der Waals surface area contributed by atoms with Crippen LogP contribution in [0.2, 0.25) is 0 Å². The molecule has 0 aliphatic carbocycles. The smallest absolute Gasteiger partial charge is 0.330 e. The minimum Gasteiger partial charge on any atom is -0.463 e. The van der Waals surface area contributed by atoms with E-state index in [0.29, 0.717) is 50.9 Å². The zero-order valence-electron chi connectivity index (χ0n) is 16.6. The summed E-state index contributed by atoms with van der Waals surface area (Å²) in [4.78, 5) is 25.0. The van der Waals surface area contributed by atoms with Crippen molar-refractivity contribution >= 4 is 11.9 Å². The van der Waals surface area contributed by atoms with Crippen molar-refractivity contribution in [3.05, 3.63) is 12.7 Å². The molecule has 3 N–H and O–H groups in total. The summed E-state index contributed by atoms with van der Waals surface area (Å²) < 4.78 is 4.82.